The molecule has 2 atom stereocenters. The molecule has 0 saturated heterocycles. The molecule has 0 radical (unpaired) electrons. The fraction of sp³-hybridized carbons (Fsp3) is 0.333. The molecule has 1 aliphatic carbocycles. The first-order valence-electron chi connectivity index (χ1n) is 10.3. The summed E-state index contributed by atoms with van der Waals surface area (Å²) in [6.45, 7) is 3.41. The van der Waals surface area contributed by atoms with E-state index in [4.69, 9.17) is 9.15 Å². The molecule has 2 aliphatic rings. The van der Waals surface area contributed by atoms with Crippen molar-refractivity contribution in [3.05, 3.63) is 82.1 Å². The van der Waals surface area contributed by atoms with E-state index < -0.39 is 23.6 Å². The lowest BCUT2D eigenvalue weighted by Gasteiger charge is -2.36. The maximum absolute atomic E-state index is 13.4. The van der Waals surface area contributed by atoms with Gasteiger partial charge < -0.3 is 14.5 Å². The van der Waals surface area contributed by atoms with E-state index in [1.807, 2.05) is 0 Å². The van der Waals surface area contributed by atoms with E-state index in [0.29, 0.717) is 29.1 Å². The van der Waals surface area contributed by atoms with E-state index in [1.165, 1.54) is 18.4 Å². The Labute approximate surface area is 182 Å². The molecule has 0 unspecified atom stereocenters. The van der Waals surface area contributed by atoms with Crippen LogP contribution in [0.4, 0.5) is 13.2 Å². The van der Waals surface area contributed by atoms with Crippen LogP contribution in [0, 0.1) is 0 Å². The van der Waals surface area contributed by atoms with Gasteiger partial charge in [0.15, 0.2) is 5.78 Å². The Kier molecular flexibility index (Phi) is 5.71. The Hall–Kier alpha value is -3.29. The van der Waals surface area contributed by atoms with Crippen LogP contribution >= 0.6 is 0 Å². The van der Waals surface area contributed by atoms with Gasteiger partial charge in [-0.2, -0.15) is 13.2 Å². The smallest absolute Gasteiger partial charge is 0.416 e. The number of benzene rings is 1. The fourth-order valence-corrected chi connectivity index (χ4v) is 4.47. The van der Waals surface area contributed by atoms with Crippen LogP contribution in [0.15, 0.2) is 69.6 Å². The molecule has 4 rings (SSSR count). The van der Waals surface area contributed by atoms with E-state index in [1.54, 1.807) is 26.0 Å². The van der Waals surface area contributed by atoms with Crippen molar-refractivity contribution in [2.24, 2.45) is 0 Å². The van der Waals surface area contributed by atoms with Gasteiger partial charge in [-0.3, -0.25) is 4.79 Å². The SMILES string of the molecule is CCOC(=O)C1=C(C)NC2=C(C(=O)C[C@@H](c3ccco3)C2)[C@H]1c1cccc(C(F)(F)F)c1. The molecule has 0 amide bonds. The number of nitrogens with one attached hydrogen (secondary N) is 1. The third kappa shape index (κ3) is 3.97. The topological polar surface area (TPSA) is 68.5 Å². The summed E-state index contributed by atoms with van der Waals surface area (Å²) in [6.07, 6.45) is -2.44. The Balaban J connectivity index is 1.84. The summed E-state index contributed by atoms with van der Waals surface area (Å²) in [6, 6.07) is 8.30. The fourth-order valence-electron chi connectivity index (χ4n) is 4.47. The predicted molar refractivity (Wildman–Crippen MR) is 109 cm³/mol. The van der Waals surface area contributed by atoms with E-state index in [9.17, 15) is 22.8 Å². The van der Waals surface area contributed by atoms with Crippen molar-refractivity contribution < 1.29 is 31.9 Å². The van der Waals surface area contributed by atoms with Crippen LogP contribution in [0.3, 0.4) is 0 Å². The van der Waals surface area contributed by atoms with Crippen LogP contribution in [-0.4, -0.2) is 18.4 Å². The molecule has 0 spiro atoms. The number of hydrogen-bond donors (Lipinski definition) is 1. The number of hydrogen-bond acceptors (Lipinski definition) is 5. The number of ether oxygens (including phenoxy) is 1. The number of halogens is 3. The largest absolute Gasteiger partial charge is 0.469 e. The summed E-state index contributed by atoms with van der Waals surface area (Å²) in [5, 5.41) is 3.15. The highest BCUT2D eigenvalue weighted by molar-refractivity contribution is 6.04. The average Bonchev–Trinajstić information content (AvgIpc) is 3.27. The summed E-state index contributed by atoms with van der Waals surface area (Å²) in [5.74, 6) is -1.37. The number of carbonyl (C=O) groups excluding carboxylic acids is 2. The lowest BCUT2D eigenvalue weighted by Crippen LogP contribution is -2.36. The minimum atomic E-state index is -4.55. The van der Waals surface area contributed by atoms with Gasteiger partial charge in [-0.25, -0.2) is 4.79 Å². The van der Waals surface area contributed by atoms with Crippen LogP contribution in [0.2, 0.25) is 0 Å². The quantitative estimate of drug-likeness (QED) is 0.654. The van der Waals surface area contributed by atoms with E-state index in [2.05, 4.69) is 5.32 Å². The predicted octanol–water partition coefficient (Wildman–Crippen LogP) is 5.22. The number of carbonyl (C=O) groups is 2. The van der Waals surface area contributed by atoms with Gasteiger partial charge in [0, 0.05) is 35.2 Å². The third-order valence-electron chi connectivity index (χ3n) is 5.82. The Bertz CT molecular complexity index is 1110. The standard InChI is InChI=1S/C24H22F3NO4/c1-3-31-23(30)20-13(2)28-17-11-15(19-8-5-9-32-19)12-18(29)22(17)21(20)14-6-4-7-16(10-14)24(25,26)27/h4-10,15,21,28H,3,11-12H2,1-2H3/t15-,21-/m0/s1. The normalized spacial score (nSPS) is 21.3. The number of rotatable bonds is 4. The zero-order valence-electron chi connectivity index (χ0n) is 17.6. The highest BCUT2D eigenvalue weighted by Crippen LogP contribution is 2.46. The van der Waals surface area contributed by atoms with E-state index in [-0.39, 0.29) is 35.9 Å². The van der Waals surface area contributed by atoms with Gasteiger partial charge in [0.25, 0.3) is 0 Å². The number of esters is 1. The zero-order chi connectivity index (χ0) is 23.0. The first-order chi connectivity index (χ1) is 15.2. The second-order valence-corrected chi connectivity index (χ2v) is 7.88. The van der Waals surface area contributed by atoms with Gasteiger partial charge in [0.05, 0.1) is 24.0 Å². The van der Waals surface area contributed by atoms with Gasteiger partial charge in [-0.1, -0.05) is 18.2 Å². The number of alkyl halides is 3. The van der Waals surface area contributed by atoms with Crippen molar-refractivity contribution in [3.63, 3.8) is 0 Å². The molecule has 0 fully saturated rings. The molecule has 5 nitrogen and oxygen atoms in total. The number of dihydropyridines is 1. The number of Topliss-reactive ketones (excluding diaryl/α,β-unsaturated/α-hetero) is 1. The van der Waals surface area contributed by atoms with Crippen LogP contribution < -0.4 is 5.32 Å². The Morgan fingerprint density at radius 2 is 2.00 bits per heavy atom. The van der Waals surface area contributed by atoms with Gasteiger partial charge >= 0.3 is 12.1 Å². The maximum Gasteiger partial charge on any atom is 0.416 e. The molecule has 2 heterocycles. The van der Waals surface area contributed by atoms with Crippen LogP contribution in [0.5, 0.6) is 0 Å². The number of allylic oxidation sites excluding steroid dienone is 3. The lowest BCUT2D eigenvalue weighted by molar-refractivity contribution is -0.139. The first kappa shape index (κ1) is 21.9. The minimum Gasteiger partial charge on any atom is -0.469 e. The highest BCUT2D eigenvalue weighted by Gasteiger charge is 2.42. The molecular formula is C24H22F3NO4. The van der Waals surface area contributed by atoms with Gasteiger partial charge in [0.1, 0.15) is 5.76 Å². The van der Waals surface area contributed by atoms with E-state index >= 15 is 0 Å². The molecule has 1 aromatic heterocycles. The molecule has 1 N–H and O–H groups in total. The van der Waals surface area contributed by atoms with Crippen LogP contribution in [0.1, 0.15) is 55.4 Å². The second-order valence-electron chi connectivity index (χ2n) is 7.88. The van der Waals surface area contributed by atoms with Crippen molar-refractivity contribution in [3.8, 4) is 0 Å². The Morgan fingerprint density at radius 3 is 2.66 bits per heavy atom. The molecule has 1 aromatic carbocycles. The highest BCUT2D eigenvalue weighted by atomic mass is 19.4. The van der Waals surface area contributed by atoms with Crippen molar-refractivity contribution >= 4 is 11.8 Å². The molecule has 8 heteroatoms. The van der Waals surface area contributed by atoms with Crippen molar-refractivity contribution in [2.75, 3.05) is 6.61 Å². The number of ketones is 1. The minimum absolute atomic E-state index is 0.103. The summed E-state index contributed by atoms with van der Waals surface area (Å²) in [5.41, 5.74) is 0.887. The zero-order valence-corrected chi connectivity index (χ0v) is 17.6. The maximum atomic E-state index is 13.4. The summed E-state index contributed by atoms with van der Waals surface area (Å²) >= 11 is 0. The van der Waals surface area contributed by atoms with Crippen molar-refractivity contribution in [2.45, 2.75) is 44.7 Å². The average molecular weight is 445 g/mol. The molecule has 168 valence electrons. The molecular weight excluding hydrogens is 423 g/mol. The molecule has 0 saturated carbocycles. The Morgan fingerprint density at radius 1 is 1.22 bits per heavy atom. The molecule has 32 heavy (non-hydrogen) atoms. The van der Waals surface area contributed by atoms with Crippen LogP contribution in [0.25, 0.3) is 0 Å². The monoisotopic (exact) mass is 445 g/mol. The van der Waals surface area contributed by atoms with Gasteiger partial charge in [-0.05, 0) is 44.0 Å². The van der Waals surface area contributed by atoms with Crippen molar-refractivity contribution in [1.82, 2.24) is 5.32 Å². The van der Waals surface area contributed by atoms with E-state index in [0.717, 1.165) is 12.1 Å². The van der Waals surface area contributed by atoms with Crippen molar-refractivity contribution in [1.29, 1.82) is 0 Å². The van der Waals surface area contributed by atoms with Crippen LogP contribution in [-0.2, 0) is 20.5 Å². The first-order valence-corrected chi connectivity index (χ1v) is 10.3. The summed E-state index contributed by atoms with van der Waals surface area (Å²) < 4.78 is 50.9. The lowest BCUT2D eigenvalue weighted by atomic mass is 9.72. The van der Waals surface area contributed by atoms with Gasteiger partial charge in [0.2, 0.25) is 0 Å². The second kappa shape index (κ2) is 8.33. The summed E-state index contributed by atoms with van der Waals surface area (Å²) in [4.78, 5) is 26.1. The molecule has 1 aliphatic heterocycles. The number of furan rings is 1. The third-order valence-corrected chi connectivity index (χ3v) is 5.82. The molecule has 0 bridgehead atoms. The molecule has 2 aromatic rings. The van der Waals surface area contributed by atoms with Gasteiger partial charge in [-0.15, -0.1) is 0 Å². The summed E-state index contributed by atoms with van der Waals surface area (Å²) in [7, 11) is 0.